The van der Waals surface area contributed by atoms with E-state index in [4.69, 9.17) is 11.6 Å². The lowest BCUT2D eigenvalue weighted by Gasteiger charge is -2.17. The van der Waals surface area contributed by atoms with Gasteiger partial charge in [-0.3, -0.25) is 0 Å². The van der Waals surface area contributed by atoms with Gasteiger partial charge in [-0.05, 0) is 18.5 Å². The maximum Gasteiger partial charge on any atom is 0.349 e. The number of nitrogens with zero attached hydrogens (tertiary/aromatic N) is 2. The highest BCUT2D eigenvalue weighted by Crippen LogP contribution is 2.20. The molecule has 1 heterocycles. The van der Waals surface area contributed by atoms with Crippen molar-refractivity contribution in [3.8, 4) is 11.3 Å². The van der Waals surface area contributed by atoms with Gasteiger partial charge in [-0.25, -0.2) is 0 Å². The fourth-order valence-electron chi connectivity index (χ4n) is 1.44. The molecule has 4 nitrogen and oxygen atoms in total. The highest BCUT2D eigenvalue weighted by atomic mass is 35.5. The van der Waals surface area contributed by atoms with Crippen LogP contribution in [0.2, 0.25) is 5.15 Å². The van der Waals surface area contributed by atoms with E-state index in [-0.39, 0.29) is 16.5 Å². The number of halogens is 1. The molecular weight excluding hydrogens is 228 g/mol. The first-order chi connectivity index (χ1) is 7.61. The summed E-state index contributed by atoms with van der Waals surface area (Å²) in [5, 5.41) is 11.7. The number of rotatable bonds is 1. The Morgan fingerprint density at radius 2 is 1.94 bits per heavy atom. The van der Waals surface area contributed by atoms with Crippen LogP contribution < -0.4 is 4.43 Å². The Kier molecular flexibility index (Phi) is 2.66. The molecule has 0 atom stereocenters. The van der Waals surface area contributed by atoms with E-state index in [0.29, 0.717) is 14.7 Å². The molecule has 1 aromatic carbocycles. The minimum Gasteiger partial charge on any atom is -0.805 e. The van der Waals surface area contributed by atoms with Gasteiger partial charge in [0.05, 0.1) is 4.43 Å². The van der Waals surface area contributed by atoms with Gasteiger partial charge in [-0.15, -0.1) is 0 Å². The summed E-state index contributed by atoms with van der Waals surface area (Å²) < 4.78 is 1.15. The minimum absolute atomic E-state index is 0.102. The fraction of sp³-hybridized carbons (Fsp3) is 0.0909. The van der Waals surface area contributed by atoms with Crippen molar-refractivity contribution in [2.24, 2.45) is 0 Å². The second-order valence-corrected chi connectivity index (χ2v) is 3.73. The Balaban J connectivity index is 2.73. The molecule has 82 valence electrons. The molecule has 2 aromatic rings. The molecule has 0 N–H and O–H groups in total. The highest BCUT2D eigenvalue weighted by Gasteiger charge is 2.14. The van der Waals surface area contributed by atoms with Crippen molar-refractivity contribution in [2.45, 2.75) is 6.92 Å². The Morgan fingerprint density at radius 3 is 2.56 bits per heavy atom. The highest BCUT2D eigenvalue weighted by molar-refractivity contribution is 6.29. The molecule has 0 bridgehead atoms. The molecule has 5 heteroatoms. The van der Waals surface area contributed by atoms with E-state index in [1.54, 1.807) is 24.3 Å². The zero-order valence-electron chi connectivity index (χ0n) is 8.55. The molecule has 0 aliphatic heterocycles. The Labute approximate surface area is 96.9 Å². The quantitative estimate of drug-likeness (QED) is 0.714. The minimum atomic E-state index is -0.102. The monoisotopic (exact) mass is 236 g/mol. The van der Waals surface area contributed by atoms with E-state index in [1.807, 2.05) is 6.07 Å². The van der Waals surface area contributed by atoms with Crippen LogP contribution in [0.15, 0.2) is 36.5 Å². The van der Waals surface area contributed by atoms with Crippen molar-refractivity contribution in [3.05, 3.63) is 57.5 Å². The van der Waals surface area contributed by atoms with Crippen LogP contribution in [0.4, 0.5) is 0 Å². The molecule has 0 saturated heterocycles. The van der Waals surface area contributed by atoms with Gasteiger partial charge in [0.1, 0.15) is 11.4 Å². The van der Waals surface area contributed by atoms with Gasteiger partial charge < -0.3 is 9.94 Å². The molecule has 0 aliphatic rings. The second kappa shape index (κ2) is 3.98. The molecule has 0 aliphatic carbocycles. The Hall–Kier alpha value is -1.81. The van der Waals surface area contributed by atoms with Crippen molar-refractivity contribution in [2.75, 3.05) is 0 Å². The average molecular weight is 237 g/mol. The number of benzene rings is 1. The fourth-order valence-corrected chi connectivity index (χ4v) is 1.57. The number of hydrogen-bond donors (Lipinski definition) is 0. The molecule has 1 aromatic heterocycles. The summed E-state index contributed by atoms with van der Waals surface area (Å²) in [6, 6.07) is 8.96. The van der Waals surface area contributed by atoms with Crippen LogP contribution in [0.3, 0.4) is 0 Å². The lowest BCUT2D eigenvalue weighted by molar-refractivity contribution is -0.492. The van der Waals surface area contributed by atoms with Gasteiger partial charge in [0.15, 0.2) is 0 Å². The topological polar surface area (TPSA) is 51.0 Å². The summed E-state index contributed by atoms with van der Waals surface area (Å²) >= 11 is 5.67. The predicted octanol–water partition coefficient (Wildman–Crippen LogP) is 2.38. The van der Waals surface area contributed by atoms with Crippen LogP contribution in [0, 0.1) is 17.0 Å². The van der Waals surface area contributed by atoms with Gasteiger partial charge in [-0.2, -0.15) is 0 Å². The summed E-state index contributed by atoms with van der Waals surface area (Å²) in [6.45, 7) is 1.51. The molecule has 0 spiro atoms. The van der Waals surface area contributed by atoms with Gasteiger partial charge in [0.25, 0.3) is 6.20 Å². The molecule has 16 heavy (non-hydrogen) atoms. The van der Waals surface area contributed by atoms with Crippen LogP contribution in [0.1, 0.15) is 5.69 Å². The molecule has 2 rings (SSSR count). The molecule has 0 unspecified atom stereocenters. The maximum atomic E-state index is 11.8. The van der Waals surface area contributed by atoms with Gasteiger partial charge in [-0.1, -0.05) is 30.3 Å². The SMILES string of the molecule is Cc1c(Cl)[n+](=O)cc(-c2ccccc2)n1[O-]. The van der Waals surface area contributed by atoms with E-state index in [1.165, 1.54) is 13.1 Å². The summed E-state index contributed by atoms with van der Waals surface area (Å²) in [5.41, 5.74) is 1.16. The second-order valence-electron chi connectivity index (χ2n) is 3.38. The van der Waals surface area contributed by atoms with Crippen molar-refractivity contribution in [3.63, 3.8) is 0 Å². The van der Waals surface area contributed by atoms with Crippen LogP contribution >= 0.6 is 11.6 Å². The van der Waals surface area contributed by atoms with E-state index >= 15 is 0 Å². The third-order valence-corrected chi connectivity index (χ3v) is 2.76. The largest absolute Gasteiger partial charge is 0.805 e. The van der Waals surface area contributed by atoms with Crippen molar-refractivity contribution in [1.82, 2.24) is 4.73 Å². The lowest BCUT2D eigenvalue weighted by atomic mass is 10.1. The maximum absolute atomic E-state index is 11.8. The normalized spacial score (nSPS) is 10.4. The molecule has 0 radical (unpaired) electrons. The predicted molar refractivity (Wildman–Crippen MR) is 61.7 cm³/mol. The smallest absolute Gasteiger partial charge is 0.349 e. The van der Waals surface area contributed by atoms with Crippen molar-refractivity contribution < 1.29 is 4.43 Å². The summed E-state index contributed by atoms with van der Waals surface area (Å²) in [4.78, 5) is 11.4. The summed E-state index contributed by atoms with van der Waals surface area (Å²) in [7, 11) is 0. The van der Waals surface area contributed by atoms with Crippen LogP contribution in [-0.4, -0.2) is 4.73 Å². The Bertz CT molecular complexity index is 579. The van der Waals surface area contributed by atoms with Crippen LogP contribution in [0.5, 0.6) is 0 Å². The van der Waals surface area contributed by atoms with E-state index in [0.717, 1.165) is 0 Å². The average Bonchev–Trinajstić information content (AvgIpc) is 2.32. The van der Waals surface area contributed by atoms with Crippen LogP contribution in [-0.2, 0) is 0 Å². The van der Waals surface area contributed by atoms with E-state index in [9.17, 15) is 10.1 Å². The molecule has 0 fully saturated rings. The number of aromatic nitrogens is 2. The lowest BCUT2D eigenvalue weighted by Crippen LogP contribution is -2.20. The molecule has 0 amide bonds. The molecular formula is C11H9ClN2O2. The van der Waals surface area contributed by atoms with E-state index in [2.05, 4.69) is 0 Å². The van der Waals surface area contributed by atoms with Crippen LogP contribution in [0.25, 0.3) is 11.3 Å². The third-order valence-electron chi connectivity index (χ3n) is 2.32. The third kappa shape index (κ3) is 1.67. The van der Waals surface area contributed by atoms with Gasteiger partial charge >= 0.3 is 5.15 Å². The number of hydrogen-bond acceptors (Lipinski definition) is 2. The summed E-state index contributed by atoms with van der Waals surface area (Å²) in [5.74, 6) is 0. The van der Waals surface area contributed by atoms with Crippen molar-refractivity contribution in [1.29, 1.82) is 0 Å². The first-order valence-corrected chi connectivity index (χ1v) is 5.06. The Morgan fingerprint density at radius 1 is 1.31 bits per heavy atom. The zero-order chi connectivity index (χ0) is 11.7. The first-order valence-electron chi connectivity index (χ1n) is 4.68. The van der Waals surface area contributed by atoms with Crippen molar-refractivity contribution >= 4 is 11.6 Å². The standard InChI is InChI=1S/C11H9ClN2O2/c1-8-11(12)13(15)7-10(14(8)16)9-5-3-2-4-6-9/h2-7H,1H3. The molecule has 0 saturated carbocycles. The van der Waals surface area contributed by atoms with Gasteiger partial charge in [0, 0.05) is 10.5 Å². The first kappa shape index (κ1) is 10.7. The summed E-state index contributed by atoms with van der Waals surface area (Å²) in [6.07, 6.45) is 1.18. The van der Waals surface area contributed by atoms with E-state index < -0.39 is 0 Å². The van der Waals surface area contributed by atoms with Gasteiger partial charge in [0.2, 0.25) is 0 Å². The zero-order valence-corrected chi connectivity index (χ0v) is 9.31.